The van der Waals surface area contributed by atoms with Gasteiger partial charge < -0.3 is 9.80 Å². The number of hydrogen-bond acceptors (Lipinski definition) is 3. The quantitative estimate of drug-likeness (QED) is 0.861. The lowest BCUT2D eigenvalue weighted by Gasteiger charge is -2.36. The Labute approximate surface area is 139 Å². The van der Waals surface area contributed by atoms with Gasteiger partial charge in [0, 0.05) is 51.0 Å². The van der Waals surface area contributed by atoms with Crippen molar-refractivity contribution in [2.75, 3.05) is 31.1 Å². The van der Waals surface area contributed by atoms with Crippen molar-refractivity contribution >= 4 is 23.2 Å². The van der Waals surface area contributed by atoms with Crippen molar-refractivity contribution in [3.63, 3.8) is 0 Å². The summed E-state index contributed by atoms with van der Waals surface area (Å²) >= 11 is 5.80. The molecular weight excluding hydrogens is 319 g/mol. The Morgan fingerprint density at radius 2 is 1.87 bits per heavy atom. The molecule has 2 aromatic rings. The lowest BCUT2D eigenvalue weighted by Crippen LogP contribution is -2.49. The van der Waals surface area contributed by atoms with E-state index in [9.17, 15) is 9.18 Å². The molecule has 0 N–H and O–H groups in total. The number of halogens is 2. The monoisotopic (exact) mass is 336 g/mol. The van der Waals surface area contributed by atoms with E-state index in [1.807, 2.05) is 4.90 Å². The van der Waals surface area contributed by atoms with Crippen LogP contribution in [0.15, 0.2) is 36.7 Å². The van der Waals surface area contributed by atoms with Gasteiger partial charge in [-0.2, -0.15) is 5.10 Å². The molecule has 1 aromatic carbocycles. The normalized spacial score (nSPS) is 15.0. The number of aryl methyl sites for hydroxylation is 1. The third kappa shape index (κ3) is 4.01. The molecule has 23 heavy (non-hydrogen) atoms. The molecule has 1 amide bonds. The standard InChI is InChI=1S/C16H18ClFN4O/c17-13-11-19-22(12-13)6-5-16(23)21-9-7-20(8-10-21)15-3-1-14(18)2-4-15/h1-4,11-12H,5-10H2. The Kier molecular flexibility index (Phi) is 4.81. The van der Waals surface area contributed by atoms with Crippen LogP contribution in [0.5, 0.6) is 0 Å². The van der Waals surface area contributed by atoms with Crippen LogP contribution in [0.2, 0.25) is 5.02 Å². The molecule has 5 nitrogen and oxygen atoms in total. The lowest BCUT2D eigenvalue weighted by molar-refractivity contribution is -0.131. The van der Waals surface area contributed by atoms with Crippen LogP contribution >= 0.6 is 11.6 Å². The Hall–Kier alpha value is -2.08. The predicted molar refractivity (Wildman–Crippen MR) is 87.0 cm³/mol. The molecule has 3 rings (SSSR count). The Bertz CT molecular complexity index is 665. The van der Waals surface area contributed by atoms with Gasteiger partial charge in [0.15, 0.2) is 0 Å². The van der Waals surface area contributed by atoms with Crippen molar-refractivity contribution in [3.8, 4) is 0 Å². The molecule has 1 aliphatic rings. The van der Waals surface area contributed by atoms with Gasteiger partial charge in [-0.1, -0.05) is 11.6 Å². The second kappa shape index (κ2) is 7.00. The smallest absolute Gasteiger partial charge is 0.224 e. The number of amides is 1. The van der Waals surface area contributed by atoms with Crippen LogP contribution in [0.4, 0.5) is 10.1 Å². The lowest BCUT2D eigenvalue weighted by atomic mass is 10.2. The number of anilines is 1. The second-order valence-electron chi connectivity index (χ2n) is 5.52. The summed E-state index contributed by atoms with van der Waals surface area (Å²) in [7, 11) is 0. The van der Waals surface area contributed by atoms with Gasteiger partial charge in [0.2, 0.25) is 5.91 Å². The number of aromatic nitrogens is 2. The fourth-order valence-electron chi connectivity index (χ4n) is 2.69. The Morgan fingerprint density at radius 3 is 2.48 bits per heavy atom. The number of benzene rings is 1. The van der Waals surface area contributed by atoms with Crippen LogP contribution < -0.4 is 4.90 Å². The van der Waals surface area contributed by atoms with Gasteiger partial charge in [0.25, 0.3) is 0 Å². The van der Waals surface area contributed by atoms with Gasteiger partial charge >= 0.3 is 0 Å². The minimum Gasteiger partial charge on any atom is -0.368 e. The van der Waals surface area contributed by atoms with Gasteiger partial charge in [0.05, 0.1) is 11.2 Å². The highest BCUT2D eigenvalue weighted by Gasteiger charge is 2.21. The van der Waals surface area contributed by atoms with E-state index in [1.54, 1.807) is 29.2 Å². The predicted octanol–water partition coefficient (Wildman–Crippen LogP) is 2.41. The number of rotatable bonds is 4. The molecule has 0 aliphatic carbocycles. The highest BCUT2D eigenvalue weighted by Crippen LogP contribution is 2.17. The highest BCUT2D eigenvalue weighted by atomic mass is 35.5. The van der Waals surface area contributed by atoms with E-state index >= 15 is 0 Å². The number of carbonyl (C=O) groups is 1. The maximum atomic E-state index is 13.0. The van der Waals surface area contributed by atoms with Crippen LogP contribution in [0.3, 0.4) is 0 Å². The van der Waals surface area contributed by atoms with Crippen molar-refractivity contribution in [2.45, 2.75) is 13.0 Å². The molecule has 0 spiro atoms. The molecule has 1 saturated heterocycles. The van der Waals surface area contributed by atoms with E-state index in [-0.39, 0.29) is 11.7 Å². The van der Waals surface area contributed by atoms with Gasteiger partial charge in [-0.05, 0) is 24.3 Å². The molecule has 0 bridgehead atoms. The largest absolute Gasteiger partial charge is 0.368 e. The van der Waals surface area contributed by atoms with Crippen LogP contribution in [-0.2, 0) is 11.3 Å². The molecular formula is C16H18ClFN4O. The molecule has 0 radical (unpaired) electrons. The van der Waals surface area contributed by atoms with E-state index in [0.29, 0.717) is 31.1 Å². The summed E-state index contributed by atoms with van der Waals surface area (Å²) in [6, 6.07) is 6.46. The van der Waals surface area contributed by atoms with Crippen LogP contribution in [0.25, 0.3) is 0 Å². The third-order valence-corrected chi connectivity index (χ3v) is 4.18. The summed E-state index contributed by atoms with van der Waals surface area (Å²) in [5, 5.41) is 4.64. The first-order chi connectivity index (χ1) is 11.1. The van der Waals surface area contributed by atoms with Gasteiger partial charge in [-0.3, -0.25) is 9.48 Å². The van der Waals surface area contributed by atoms with E-state index in [1.165, 1.54) is 12.1 Å². The van der Waals surface area contributed by atoms with Crippen LogP contribution in [0, 0.1) is 5.82 Å². The molecule has 0 atom stereocenters. The summed E-state index contributed by atoms with van der Waals surface area (Å²) in [5.41, 5.74) is 0.990. The molecule has 2 heterocycles. The average Bonchev–Trinajstić information content (AvgIpc) is 2.99. The minimum absolute atomic E-state index is 0.121. The molecule has 1 aliphatic heterocycles. The van der Waals surface area contributed by atoms with Gasteiger partial charge in [0.1, 0.15) is 5.82 Å². The van der Waals surface area contributed by atoms with Crippen molar-refractivity contribution in [1.82, 2.24) is 14.7 Å². The van der Waals surface area contributed by atoms with E-state index < -0.39 is 0 Å². The van der Waals surface area contributed by atoms with Crippen LogP contribution in [-0.4, -0.2) is 46.8 Å². The number of carbonyl (C=O) groups excluding carboxylic acids is 1. The maximum absolute atomic E-state index is 13.0. The van der Waals surface area contributed by atoms with Crippen molar-refractivity contribution in [3.05, 3.63) is 47.5 Å². The molecule has 1 aromatic heterocycles. The summed E-state index contributed by atoms with van der Waals surface area (Å²) in [5.74, 6) is -0.114. The Balaban J connectivity index is 1.48. The fraction of sp³-hybridized carbons (Fsp3) is 0.375. The van der Waals surface area contributed by atoms with Gasteiger partial charge in [-0.15, -0.1) is 0 Å². The SMILES string of the molecule is O=C(CCn1cc(Cl)cn1)N1CCN(c2ccc(F)cc2)CC1. The molecule has 1 fully saturated rings. The zero-order chi connectivity index (χ0) is 16.2. The van der Waals surface area contributed by atoms with E-state index in [4.69, 9.17) is 11.6 Å². The summed E-state index contributed by atoms with van der Waals surface area (Å²) in [6.45, 7) is 3.39. The van der Waals surface area contributed by atoms with Crippen molar-refractivity contribution < 1.29 is 9.18 Å². The minimum atomic E-state index is -0.235. The molecule has 7 heteroatoms. The van der Waals surface area contributed by atoms with Crippen LogP contribution in [0.1, 0.15) is 6.42 Å². The number of hydrogen-bond donors (Lipinski definition) is 0. The first-order valence-electron chi connectivity index (χ1n) is 7.58. The second-order valence-corrected chi connectivity index (χ2v) is 5.95. The molecule has 0 unspecified atom stereocenters. The zero-order valence-corrected chi connectivity index (χ0v) is 13.4. The first kappa shape index (κ1) is 15.8. The summed E-state index contributed by atoms with van der Waals surface area (Å²) < 4.78 is 14.6. The summed E-state index contributed by atoms with van der Waals surface area (Å²) in [6.07, 6.45) is 3.68. The zero-order valence-electron chi connectivity index (χ0n) is 12.7. The molecule has 0 saturated carbocycles. The van der Waals surface area contributed by atoms with Crippen molar-refractivity contribution in [1.29, 1.82) is 0 Å². The summed E-state index contributed by atoms with van der Waals surface area (Å²) in [4.78, 5) is 16.3. The van der Waals surface area contributed by atoms with E-state index in [2.05, 4.69) is 10.00 Å². The topological polar surface area (TPSA) is 41.4 Å². The fourth-order valence-corrected chi connectivity index (χ4v) is 2.85. The maximum Gasteiger partial charge on any atom is 0.224 e. The third-order valence-electron chi connectivity index (χ3n) is 3.98. The average molecular weight is 337 g/mol. The highest BCUT2D eigenvalue weighted by molar-refractivity contribution is 6.30. The van der Waals surface area contributed by atoms with Gasteiger partial charge in [-0.25, -0.2) is 4.39 Å². The van der Waals surface area contributed by atoms with E-state index in [0.717, 1.165) is 18.8 Å². The molecule has 122 valence electrons. The Morgan fingerprint density at radius 1 is 1.17 bits per heavy atom. The van der Waals surface area contributed by atoms with Crippen molar-refractivity contribution in [2.24, 2.45) is 0 Å². The number of piperazine rings is 1. The first-order valence-corrected chi connectivity index (χ1v) is 7.96. The number of nitrogens with zero attached hydrogens (tertiary/aromatic N) is 4.